The number of aromatic nitrogens is 2. The monoisotopic (exact) mass is 273 g/mol. The molecule has 0 saturated heterocycles. The highest BCUT2D eigenvalue weighted by molar-refractivity contribution is 5.57. The number of hydrogen-bond acceptors (Lipinski definition) is 6. The third-order valence-corrected chi connectivity index (χ3v) is 2.96. The molecule has 7 nitrogen and oxygen atoms in total. The van der Waals surface area contributed by atoms with E-state index in [4.69, 9.17) is 5.73 Å². The van der Waals surface area contributed by atoms with Gasteiger partial charge < -0.3 is 10.6 Å². The van der Waals surface area contributed by atoms with Crippen molar-refractivity contribution in [1.82, 2.24) is 9.97 Å². The summed E-state index contributed by atoms with van der Waals surface area (Å²) in [7, 11) is 1.87. The highest BCUT2D eigenvalue weighted by atomic mass is 16.6. The number of rotatable bonds is 5. The first-order valence-corrected chi connectivity index (χ1v) is 6.09. The third kappa shape index (κ3) is 3.19. The van der Waals surface area contributed by atoms with Gasteiger partial charge in [0.05, 0.1) is 4.92 Å². The predicted molar refractivity (Wildman–Crippen MR) is 76.5 cm³/mol. The smallest absolute Gasteiger partial charge is 0.311 e. The van der Waals surface area contributed by atoms with Crippen molar-refractivity contribution in [2.24, 2.45) is 0 Å². The number of anilines is 2. The van der Waals surface area contributed by atoms with E-state index >= 15 is 0 Å². The fraction of sp³-hybridized carbons (Fsp3) is 0.231. The van der Waals surface area contributed by atoms with Gasteiger partial charge in [0.1, 0.15) is 5.82 Å². The summed E-state index contributed by atoms with van der Waals surface area (Å²) in [5, 5.41) is 10.7. The lowest BCUT2D eigenvalue weighted by atomic mass is 10.2. The predicted octanol–water partition coefficient (Wildman–Crippen LogP) is 1.65. The van der Waals surface area contributed by atoms with Gasteiger partial charge in [-0.2, -0.15) is 0 Å². The quantitative estimate of drug-likeness (QED) is 0.657. The van der Waals surface area contributed by atoms with Crippen LogP contribution in [-0.4, -0.2) is 28.5 Å². The molecule has 0 atom stereocenters. The molecule has 7 heteroatoms. The van der Waals surface area contributed by atoms with Gasteiger partial charge in [-0.25, -0.2) is 4.98 Å². The highest BCUT2D eigenvalue weighted by Crippen LogP contribution is 2.22. The van der Waals surface area contributed by atoms with Gasteiger partial charge in [0, 0.05) is 32.1 Å². The Morgan fingerprint density at radius 1 is 1.30 bits per heavy atom. The van der Waals surface area contributed by atoms with Crippen molar-refractivity contribution in [1.29, 1.82) is 0 Å². The van der Waals surface area contributed by atoms with E-state index in [-0.39, 0.29) is 11.5 Å². The number of pyridine rings is 2. The number of nitrogen functional groups attached to an aromatic ring is 1. The SMILES string of the molecule is CN(CCc1ccncc1)c1ccc([N+](=O)[O-])c(N)n1. The first-order chi connectivity index (χ1) is 9.58. The maximum Gasteiger partial charge on any atom is 0.311 e. The van der Waals surface area contributed by atoms with Crippen LogP contribution >= 0.6 is 0 Å². The molecule has 0 unspecified atom stereocenters. The lowest BCUT2D eigenvalue weighted by Gasteiger charge is -2.18. The Kier molecular flexibility index (Phi) is 4.09. The first kappa shape index (κ1) is 13.7. The number of hydrogen-bond donors (Lipinski definition) is 1. The van der Waals surface area contributed by atoms with Gasteiger partial charge in [-0.15, -0.1) is 0 Å². The van der Waals surface area contributed by atoms with Gasteiger partial charge in [-0.3, -0.25) is 15.1 Å². The van der Waals surface area contributed by atoms with E-state index in [0.717, 1.165) is 13.0 Å². The third-order valence-electron chi connectivity index (χ3n) is 2.96. The summed E-state index contributed by atoms with van der Waals surface area (Å²) in [4.78, 5) is 20.1. The molecule has 0 bridgehead atoms. The Hall–Kier alpha value is -2.70. The van der Waals surface area contributed by atoms with E-state index in [0.29, 0.717) is 5.82 Å². The highest BCUT2D eigenvalue weighted by Gasteiger charge is 2.14. The summed E-state index contributed by atoms with van der Waals surface area (Å²) >= 11 is 0. The Morgan fingerprint density at radius 3 is 2.60 bits per heavy atom. The summed E-state index contributed by atoms with van der Waals surface area (Å²) in [6, 6.07) is 6.87. The van der Waals surface area contributed by atoms with Crippen LogP contribution < -0.4 is 10.6 Å². The molecule has 104 valence electrons. The molecule has 0 amide bonds. The van der Waals surface area contributed by atoms with Crippen molar-refractivity contribution >= 4 is 17.3 Å². The van der Waals surface area contributed by atoms with Gasteiger partial charge in [0.15, 0.2) is 0 Å². The molecule has 0 aliphatic rings. The number of likely N-dealkylation sites (N-methyl/N-ethyl adjacent to an activating group) is 1. The van der Waals surface area contributed by atoms with Crippen molar-refractivity contribution in [2.45, 2.75) is 6.42 Å². The van der Waals surface area contributed by atoms with Gasteiger partial charge in [-0.05, 0) is 30.2 Å². The van der Waals surface area contributed by atoms with E-state index < -0.39 is 4.92 Å². The average Bonchev–Trinajstić information content (AvgIpc) is 2.45. The molecule has 2 aromatic rings. The molecule has 0 aromatic carbocycles. The van der Waals surface area contributed by atoms with Crippen LogP contribution in [0.3, 0.4) is 0 Å². The lowest BCUT2D eigenvalue weighted by Crippen LogP contribution is -2.21. The standard InChI is InChI=1S/C13H15N5O2/c1-17(9-6-10-4-7-15-8-5-10)12-3-2-11(18(19)20)13(14)16-12/h2-5,7-8H,6,9H2,1H3,(H2,14,16). The summed E-state index contributed by atoms with van der Waals surface area (Å²) in [5.74, 6) is 0.547. The number of nitrogens with two attached hydrogens (primary N) is 1. The van der Waals surface area contributed by atoms with Crippen molar-refractivity contribution in [3.05, 3.63) is 52.3 Å². The van der Waals surface area contributed by atoms with Gasteiger partial charge in [0.25, 0.3) is 0 Å². The number of nitro groups is 1. The van der Waals surface area contributed by atoms with Crippen molar-refractivity contribution in [3.63, 3.8) is 0 Å². The maximum atomic E-state index is 10.7. The topological polar surface area (TPSA) is 98.2 Å². The molecular weight excluding hydrogens is 258 g/mol. The molecular formula is C13H15N5O2. The van der Waals surface area contributed by atoms with E-state index in [1.807, 2.05) is 24.1 Å². The van der Waals surface area contributed by atoms with Crippen LogP contribution in [0.4, 0.5) is 17.3 Å². The Balaban J connectivity index is 2.04. The molecule has 0 spiro atoms. The second kappa shape index (κ2) is 5.96. The van der Waals surface area contributed by atoms with E-state index in [1.54, 1.807) is 18.5 Å². The maximum absolute atomic E-state index is 10.7. The minimum atomic E-state index is -0.539. The average molecular weight is 273 g/mol. The summed E-state index contributed by atoms with van der Waals surface area (Å²) in [5.41, 5.74) is 6.58. The van der Waals surface area contributed by atoms with Gasteiger partial charge in [-0.1, -0.05) is 0 Å². The first-order valence-electron chi connectivity index (χ1n) is 6.09. The fourth-order valence-corrected chi connectivity index (χ4v) is 1.78. The molecule has 0 aliphatic carbocycles. The zero-order chi connectivity index (χ0) is 14.5. The van der Waals surface area contributed by atoms with Crippen LogP contribution in [0.25, 0.3) is 0 Å². The molecule has 0 radical (unpaired) electrons. The number of nitrogens with zero attached hydrogens (tertiary/aromatic N) is 4. The van der Waals surface area contributed by atoms with Crippen LogP contribution in [0.5, 0.6) is 0 Å². The minimum Gasteiger partial charge on any atom is -0.378 e. The summed E-state index contributed by atoms with van der Waals surface area (Å²) in [6.45, 7) is 0.730. The molecule has 2 rings (SSSR count). The van der Waals surface area contributed by atoms with Crippen molar-refractivity contribution in [2.75, 3.05) is 24.2 Å². The van der Waals surface area contributed by atoms with E-state index in [9.17, 15) is 10.1 Å². The second-order valence-corrected chi connectivity index (χ2v) is 4.36. The Labute approximate surface area is 116 Å². The Morgan fingerprint density at radius 2 is 2.00 bits per heavy atom. The molecule has 2 aromatic heterocycles. The lowest BCUT2D eigenvalue weighted by molar-refractivity contribution is -0.384. The normalized spacial score (nSPS) is 10.2. The fourth-order valence-electron chi connectivity index (χ4n) is 1.78. The summed E-state index contributed by atoms with van der Waals surface area (Å²) < 4.78 is 0. The zero-order valence-electron chi connectivity index (χ0n) is 11.1. The van der Waals surface area contributed by atoms with Crippen LogP contribution in [0.2, 0.25) is 0 Å². The van der Waals surface area contributed by atoms with Crippen molar-refractivity contribution < 1.29 is 4.92 Å². The summed E-state index contributed by atoms with van der Waals surface area (Å²) in [6.07, 6.45) is 4.33. The van der Waals surface area contributed by atoms with Crippen LogP contribution in [0, 0.1) is 10.1 Å². The minimum absolute atomic E-state index is 0.0664. The Bertz CT molecular complexity index is 603. The molecule has 0 saturated carbocycles. The molecule has 0 aliphatic heterocycles. The zero-order valence-corrected chi connectivity index (χ0v) is 11.1. The van der Waals surface area contributed by atoms with Gasteiger partial charge in [0.2, 0.25) is 5.82 Å². The molecule has 2 N–H and O–H groups in total. The molecule has 20 heavy (non-hydrogen) atoms. The van der Waals surface area contributed by atoms with Crippen molar-refractivity contribution in [3.8, 4) is 0 Å². The van der Waals surface area contributed by atoms with Crippen LogP contribution in [0.15, 0.2) is 36.7 Å². The van der Waals surface area contributed by atoms with Crippen LogP contribution in [-0.2, 0) is 6.42 Å². The van der Waals surface area contributed by atoms with Gasteiger partial charge >= 0.3 is 5.69 Å². The molecule has 0 fully saturated rings. The second-order valence-electron chi connectivity index (χ2n) is 4.36. The van der Waals surface area contributed by atoms with E-state index in [2.05, 4.69) is 9.97 Å². The van der Waals surface area contributed by atoms with Crippen LogP contribution in [0.1, 0.15) is 5.56 Å². The van der Waals surface area contributed by atoms with E-state index in [1.165, 1.54) is 11.6 Å². The largest absolute Gasteiger partial charge is 0.378 e. The molecule has 2 heterocycles.